The highest BCUT2D eigenvalue weighted by atomic mass is 16.1. The van der Waals surface area contributed by atoms with Gasteiger partial charge in [-0.3, -0.25) is 4.79 Å². The van der Waals surface area contributed by atoms with E-state index < -0.39 is 0 Å². The van der Waals surface area contributed by atoms with Gasteiger partial charge in [-0.1, -0.05) is 12.1 Å². The fraction of sp³-hybridized carbons (Fsp3) is 0.316. The lowest BCUT2D eigenvalue weighted by Crippen LogP contribution is -2.31. The topological polar surface area (TPSA) is 32.3 Å². The van der Waals surface area contributed by atoms with Crippen LogP contribution >= 0.6 is 0 Å². The van der Waals surface area contributed by atoms with Crippen LogP contribution in [0.1, 0.15) is 29.6 Å². The molecule has 2 aromatic carbocycles. The van der Waals surface area contributed by atoms with Crippen molar-refractivity contribution < 1.29 is 4.79 Å². The molecule has 1 heterocycles. The second-order valence-corrected chi connectivity index (χ2v) is 6.40. The molecule has 1 saturated carbocycles. The monoisotopic (exact) mass is 292 g/mol. The predicted octanol–water partition coefficient (Wildman–Crippen LogP) is 4.23. The van der Waals surface area contributed by atoms with Crippen LogP contribution in [0, 0.1) is 5.92 Å². The van der Waals surface area contributed by atoms with Gasteiger partial charge in [-0.15, -0.1) is 0 Å². The molecule has 0 unspecified atom stereocenters. The van der Waals surface area contributed by atoms with Crippen molar-refractivity contribution in [2.75, 3.05) is 16.8 Å². The molecule has 2 aliphatic rings. The average Bonchev–Trinajstić information content (AvgIpc) is 3.19. The Bertz CT molecular complexity index is 680. The lowest BCUT2D eigenvalue weighted by atomic mass is 10.1. The minimum atomic E-state index is 0.690. The fourth-order valence-corrected chi connectivity index (χ4v) is 3.83. The fourth-order valence-electron chi connectivity index (χ4n) is 3.83. The first-order valence-electron chi connectivity index (χ1n) is 8.01. The van der Waals surface area contributed by atoms with E-state index in [1.54, 1.807) is 0 Å². The normalized spacial score (nSPS) is 22.8. The van der Waals surface area contributed by atoms with E-state index in [1.165, 1.54) is 31.5 Å². The van der Waals surface area contributed by atoms with Crippen molar-refractivity contribution in [3.8, 4) is 0 Å². The van der Waals surface area contributed by atoms with Crippen molar-refractivity contribution in [3.05, 3.63) is 54.1 Å². The third-order valence-electron chi connectivity index (χ3n) is 4.92. The number of anilines is 3. The largest absolute Gasteiger partial charge is 0.368 e. The lowest BCUT2D eigenvalue weighted by Gasteiger charge is -2.29. The molecule has 2 fully saturated rings. The molecule has 4 rings (SSSR count). The molecule has 2 atom stereocenters. The number of hydrogen-bond acceptors (Lipinski definition) is 3. The number of hydrogen-bond donors (Lipinski definition) is 1. The molecule has 22 heavy (non-hydrogen) atoms. The number of piperidine rings is 1. The zero-order valence-corrected chi connectivity index (χ0v) is 12.5. The zero-order valence-electron chi connectivity index (χ0n) is 12.5. The Kier molecular flexibility index (Phi) is 3.34. The molecule has 2 bridgehead atoms. The first kappa shape index (κ1) is 13.4. The molecule has 3 heteroatoms. The van der Waals surface area contributed by atoms with E-state index >= 15 is 0 Å². The Morgan fingerprint density at radius 3 is 2.59 bits per heavy atom. The molecule has 1 aliphatic carbocycles. The molecular weight excluding hydrogens is 272 g/mol. The van der Waals surface area contributed by atoms with E-state index in [0.717, 1.165) is 29.6 Å². The maximum Gasteiger partial charge on any atom is 0.150 e. The van der Waals surface area contributed by atoms with E-state index in [0.29, 0.717) is 5.56 Å². The highest BCUT2D eigenvalue weighted by Crippen LogP contribution is 2.40. The van der Waals surface area contributed by atoms with E-state index in [-0.39, 0.29) is 0 Å². The lowest BCUT2D eigenvalue weighted by molar-refractivity contribution is 0.112. The molecule has 0 aromatic heterocycles. The summed E-state index contributed by atoms with van der Waals surface area (Å²) in [5.74, 6) is 0.911. The summed E-state index contributed by atoms with van der Waals surface area (Å²) in [4.78, 5) is 13.4. The summed E-state index contributed by atoms with van der Waals surface area (Å²) in [6.07, 6.45) is 5.01. The Morgan fingerprint density at radius 1 is 1.05 bits per heavy atom. The summed E-state index contributed by atoms with van der Waals surface area (Å²) < 4.78 is 0. The van der Waals surface area contributed by atoms with Gasteiger partial charge in [-0.25, -0.2) is 0 Å². The maximum atomic E-state index is 10.8. The molecule has 3 nitrogen and oxygen atoms in total. The van der Waals surface area contributed by atoms with Gasteiger partial charge in [0, 0.05) is 35.2 Å². The number of rotatable bonds is 4. The predicted molar refractivity (Wildman–Crippen MR) is 90.0 cm³/mol. The molecule has 2 aromatic rings. The Hall–Kier alpha value is -2.29. The van der Waals surface area contributed by atoms with Crippen LogP contribution in [-0.2, 0) is 0 Å². The number of fused-ring (bicyclic) bond motifs is 2. The minimum absolute atomic E-state index is 0.690. The highest BCUT2D eigenvalue weighted by Gasteiger charge is 2.37. The van der Waals surface area contributed by atoms with Crippen molar-refractivity contribution >= 4 is 23.3 Å². The summed E-state index contributed by atoms with van der Waals surface area (Å²) in [6.45, 7) is 1.22. The van der Waals surface area contributed by atoms with E-state index in [9.17, 15) is 4.79 Å². The summed E-state index contributed by atoms with van der Waals surface area (Å²) in [7, 11) is 0. The van der Waals surface area contributed by atoms with Crippen LogP contribution in [0.15, 0.2) is 48.5 Å². The number of nitrogens with one attached hydrogen (secondary N) is 1. The molecule has 1 saturated heterocycles. The summed E-state index contributed by atoms with van der Waals surface area (Å²) in [5, 5.41) is 3.35. The maximum absolute atomic E-state index is 10.8. The van der Waals surface area contributed by atoms with Crippen LogP contribution in [0.2, 0.25) is 0 Å². The number of benzene rings is 2. The second-order valence-electron chi connectivity index (χ2n) is 6.40. The molecule has 112 valence electrons. The summed E-state index contributed by atoms with van der Waals surface area (Å²) >= 11 is 0. The van der Waals surface area contributed by atoms with Gasteiger partial charge in [-0.2, -0.15) is 0 Å². The number of nitrogens with zero attached hydrogens (tertiary/aromatic N) is 1. The average molecular weight is 292 g/mol. The van der Waals surface area contributed by atoms with Crippen LogP contribution in [0.5, 0.6) is 0 Å². The van der Waals surface area contributed by atoms with Gasteiger partial charge in [0.15, 0.2) is 0 Å². The van der Waals surface area contributed by atoms with Crippen LogP contribution < -0.4 is 10.2 Å². The van der Waals surface area contributed by atoms with Crippen molar-refractivity contribution in [2.45, 2.75) is 25.3 Å². The van der Waals surface area contributed by atoms with Crippen LogP contribution in [0.4, 0.5) is 17.1 Å². The van der Waals surface area contributed by atoms with Crippen molar-refractivity contribution in [1.29, 1.82) is 0 Å². The van der Waals surface area contributed by atoms with Gasteiger partial charge >= 0.3 is 0 Å². The first-order chi connectivity index (χ1) is 10.8. The van der Waals surface area contributed by atoms with Gasteiger partial charge in [0.1, 0.15) is 6.29 Å². The van der Waals surface area contributed by atoms with Gasteiger partial charge in [0.25, 0.3) is 0 Å². The van der Waals surface area contributed by atoms with E-state index in [4.69, 9.17) is 0 Å². The number of carbonyl (C=O) groups is 1. The second kappa shape index (κ2) is 5.48. The van der Waals surface area contributed by atoms with Gasteiger partial charge in [0.2, 0.25) is 0 Å². The molecule has 1 N–H and O–H groups in total. The van der Waals surface area contributed by atoms with E-state index in [1.807, 2.05) is 24.3 Å². The minimum Gasteiger partial charge on any atom is -0.368 e. The first-order valence-corrected chi connectivity index (χ1v) is 8.01. The Morgan fingerprint density at radius 2 is 1.91 bits per heavy atom. The summed E-state index contributed by atoms with van der Waals surface area (Å²) in [5.41, 5.74) is 4.02. The van der Waals surface area contributed by atoms with Gasteiger partial charge in [-0.05, 0) is 61.6 Å². The third kappa shape index (κ3) is 2.47. The standard InChI is InChI=1S/C19H20N2O/c22-13-15-2-1-3-17(10-15)20-16-5-8-18(9-6-16)21-12-14-4-7-19(21)11-14/h1-3,5-6,8-10,13-14,19-20H,4,7,11-12H2/t14-,19+/m0/s1. The third-order valence-corrected chi connectivity index (χ3v) is 4.92. The summed E-state index contributed by atoms with van der Waals surface area (Å²) in [6, 6.07) is 16.9. The quantitative estimate of drug-likeness (QED) is 0.856. The van der Waals surface area contributed by atoms with Gasteiger partial charge < -0.3 is 10.2 Å². The van der Waals surface area contributed by atoms with Crippen molar-refractivity contribution in [1.82, 2.24) is 0 Å². The van der Waals surface area contributed by atoms with Gasteiger partial charge in [0.05, 0.1) is 0 Å². The van der Waals surface area contributed by atoms with Crippen LogP contribution in [0.3, 0.4) is 0 Å². The number of aldehydes is 1. The molecule has 0 radical (unpaired) electrons. The van der Waals surface area contributed by atoms with Crippen LogP contribution in [0.25, 0.3) is 0 Å². The Balaban J connectivity index is 1.48. The van der Waals surface area contributed by atoms with E-state index in [2.05, 4.69) is 34.5 Å². The Labute approximate surface area is 131 Å². The molecule has 1 aliphatic heterocycles. The van der Waals surface area contributed by atoms with Crippen molar-refractivity contribution in [3.63, 3.8) is 0 Å². The smallest absolute Gasteiger partial charge is 0.150 e. The highest BCUT2D eigenvalue weighted by molar-refractivity contribution is 5.78. The van der Waals surface area contributed by atoms with Crippen LogP contribution in [-0.4, -0.2) is 18.9 Å². The SMILES string of the molecule is O=Cc1cccc(Nc2ccc(N3C[C@H]4CC[C@@H]3C4)cc2)c1. The number of carbonyl (C=O) groups excluding carboxylic acids is 1. The zero-order chi connectivity index (χ0) is 14.9. The molecule has 0 spiro atoms. The van der Waals surface area contributed by atoms with Crippen molar-refractivity contribution in [2.24, 2.45) is 5.92 Å². The molecule has 0 amide bonds. The molecular formula is C19H20N2O.